The van der Waals surface area contributed by atoms with Crippen molar-refractivity contribution in [3.05, 3.63) is 11.6 Å². The predicted octanol–water partition coefficient (Wildman–Crippen LogP) is -0.689. The zero-order valence-electron chi connectivity index (χ0n) is 11.7. The summed E-state index contributed by atoms with van der Waals surface area (Å²) in [4.78, 5) is 12.0. The van der Waals surface area contributed by atoms with Gasteiger partial charge in [0.1, 0.15) is 11.6 Å². The van der Waals surface area contributed by atoms with Gasteiger partial charge in [0.2, 0.25) is 5.28 Å². The van der Waals surface area contributed by atoms with Crippen molar-refractivity contribution in [1.82, 2.24) is 19.5 Å². The molecule has 4 unspecified atom stereocenters. The van der Waals surface area contributed by atoms with E-state index in [2.05, 4.69) is 15.0 Å². The van der Waals surface area contributed by atoms with Crippen molar-refractivity contribution in [2.75, 3.05) is 18.9 Å². The highest BCUT2D eigenvalue weighted by Gasteiger charge is 2.53. The average molecular weight is 330 g/mol. The Morgan fingerprint density at radius 1 is 1.45 bits per heavy atom. The van der Waals surface area contributed by atoms with Gasteiger partial charge in [-0.3, -0.25) is 4.57 Å². The summed E-state index contributed by atoms with van der Waals surface area (Å²) in [5.41, 5.74) is 5.36. The minimum atomic E-state index is -1.08. The molecule has 2 aromatic heterocycles. The van der Waals surface area contributed by atoms with E-state index in [1.807, 2.05) is 0 Å². The van der Waals surface area contributed by atoms with E-state index in [4.69, 9.17) is 22.1 Å². The van der Waals surface area contributed by atoms with Gasteiger partial charge in [-0.2, -0.15) is 9.97 Å². The number of halogens is 1. The molecule has 0 spiro atoms. The first kappa shape index (κ1) is 15.4. The van der Waals surface area contributed by atoms with Gasteiger partial charge in [-0.25, -0.2) is 4.98 Å². The molecule has 4 atom stereocenters. The fourth-order valence-electron chi connectivity index (χ4n) is 2.68. The third-order valence-electron chi connectivity index (χ3n) is 4.19. The van der Waals surface area contributed by atoms with E-state index < -0.39 is 23.9 Å². The van der Waals surface area contributed by atoms with Gasteiger partial charge in [-0.15, -0.1) is 0 Å². The number of fused-ring (bicyclic) bond motifs is 1. The zero-order chi connectivity index (χ0) is 16.1. The monoisotopic (exact) mass is 329 g/mol. The SMILES string of the molecule is CC1(CO)C(CO)OC(n2cnc3c(N)nc(Cl)nc32)C1O. The number of nitrogens with two attached hydrogens (primary N) is 1. The van der Waals surface area contributed by atoms with Gasteiger partial charge in [0.05, 0.1) is 25.6 Å². The Kier molecular flexibility index (Phi) is 3.69. The van der Waals surface area contributed by atoms with E-state index in [9.17, 15) is 15.3 Å². The Balaban J connectivity index is 2.09. The molecular weight excluding hydrogens is 314 g/mol. The number of aliphatic hydroxyl groups is 3. The molecule has 2 aromatic rings. The van der Waals surface area contributed by atoms with Crippen molar-refractivity contribution in [1.29, 1.82) is 0 Å². The molecule has 5 N–H and O–H groups in total. The van der Waals surface area contributed by atoms with Gasteiger partial charge in [0.15, 0.2) is 17.7 Å². The molecule has 3 heterocycles. The van der Waals surface area contributed by atoms with Gasteiger partial charge in [0, 0.05) is 5.41 Å². The van der Waals surface area contributed by atoms with E-state index in [-0.39, 0.29) is 24.3 Å². The Hall–Kier alpha value is -1.52. The molecule has 0 amide bonds. The molecule has 0 saturated carbocycles. The van der Waals surface area contributed by atoms with Crippen molar-refractivity contribution < 1.29 is 20.1 Å². The lowest BCUT2D eigenvalue weighted by atomic mass is 9.81. The smallest absolute Gasteiger partial charge is 0.226 e. The fraction of sp³-hybridized carbons (Fsp3) is 0.583. The van der Waals surface area contributed by atoms with Crippen molar-refractivity contribution >= 4 is 28.6 Å². The number of hydrogen-bond acceptors (Lipinski definition) is 8. The lowest BCUT2D eigenvalue weighted by molar-refractivity contribution is -0.0539. The third kappa shape index (κ3) is 2.05. The van der Waals surface area contributed by atoms with Crippen LogP contribution in [-0.4, -0.2) is 60.3 Å². The molecule has 0 bridgehead atoms. The molecule has 22 heavy (non-hydrogen) atoms. The second kappa shape index (κ2) is 5.28. The second-order valence-corrected chi connectivity index (χ2v) is 5.85. The maximum atomic E-state index is 10.5. The van der Waals surface area contributed by atoms with Crippen LogP contribution in [0.5, 0.6) is 0 Å². The van der Waals surface area contributed by atoms with Crippen molar-refractivity contribution in [2.45, 2.75) is 25.4 Å². The van der Waals surface area contributed by atoms with Crippen LogP contribution in [0.3, 0.4) is 0 Å². The minimum Gasteiger partial charge on any atom is -0.396 e. The summed E-state index contributed by atoms with van der Waals surface area (Å²) in [6, 6.07) is 0. The van der Waals surface area contributed by atoms with Crippen LogP contribution >= 0.6 is 11.6 Å². The van der Waals surface area contributed by atoms with E-state index in [1.165, 1.54) is 10.9 Å². The van der Waals surface area contributed by atoms with Crippen LogP contribution in [-0.2, 0) is 4.74 Å². The normalized spacial score (nSPS) is 32.0. The van der Waals surface area contributed by atoms with Crippen molar-refractivity contribution in [3.8, 4) is 0 Å². The number of imidazole rings is 1. The molecule has 0 radical (unpaired) electrons. The van der Waals surface area contributed by atoms with Crippen LogP contribution in [0, 0.1) is 5.41 Å². The molecule has 1 fully saturated rings. The number of rotatable bonds is 3. The Morgan fingerprint density at radius 3 is 2.77 bits per heavy atom. The largest absolute Gasteiger partial charge is 0.396 e. The van der Waals surface area contributed by atoms with Crippen LogP contribution in [0.2, 0.25) is 5.28 Å². The van der Waals surface area contributed by atoms with Gasteiger partial charge in [-0.1, -0.05) is 6.92 Å². The highest BCUT2D eigenvalue weighted by molar-refractivity contribution is 6.28. The molecule has 3 rings (SSSR count). The number of nitrogens with zero attached hydrogens (tertiary/aromatic N) is 4. The second-order valence-electron chi connectivity index (χ2n) is 5.51. The maximum Gasteiger partial charge on any atom is 0.226 e. The Morgan fingerprint density at radius 2 is 2.18 bits per heavy atom. The topological polar surface area (TPSA) is 140 Å². The van der Waals surface area contributed by atoms with Crippen LogP contribution in [0.1, 0.15) is 13.2 Å². The Bertz CT molecular complexity index is 710. The van der Waals surface area contributed by atoms with Crippen molar-refractivity contribution in [2.24, 2.45) is 5.41 Å². The van der Waals surface area contributed by atoms with Crippen LogP contribution in [0.4, 0.5) is 5.82 Å². The zero-order valence-corrected chi connectivity index (χ0v) is 12.5. The van der Waals surface area contributed by atoms with Gasteiger partial charge in [-0.05, 0) is 11.6 Å². The highest BCUT2D eigenvalue weighted by atomic mass is 35.5. The number of aliphatic hydroxyl groups excluding tert-OH is 3. The summed E-state index contributed by atoms with van der Waals surface area (Å²) >= 11 is 5.81. The van der Waals surface area contributed by atoms with E-state index >= 15 is 0 Å². The first-order chi connectivity index (χ1) is 10.4. The molecule has 1 saturated heterocycles. The quantitative estimate of drug-likeness (QED) is 0.543. The number of hydrogen-bond donors (Lipinski definition) is 4. The summed E-state index contributed by atoms with van der Waals surface area (Å²) in [5.74, 6) is 0.116. The third-order valence-corrected chi connectivity index (χ3v) is 4.36. The highest BCUT2D eigenvalue weighted by Crippen LogP contribution is 2.43. The summed E-state index contributed by atoms with van der Waals surface area (Å²) < 4.78 is 7.15. The number of nitrogen functional groups attached to an aromatic ring is 1. The lowest BCUT2D eigenvalue weighted by Gasteiger charge is -2.29. The average Bonchev–Trinajstić information content (AvgIpc) is 3.00. The summed E-state index contributed by atoms with van der Waals surface area (Å²) in [6.07, 6.45) is -1.30. The molecule has 120 valence electrons. The summed E-state index contributed by atoms with van der Waals surface area (Å²) in [6.45, 7) is 0.948. The fourth-order valence-corrected chi connectivity index (χ4v) is 2.85. The lowest BCUT2D eigenvalue weighted by Crippen LogP contribution is -2.42. The van der Waals surface area contributed by atoms with Gasteiger partial charge in [0.25, 0.3) is 0 Å². The molecule has 0 aromatic carbocycles. The number of anilines is 1. The molecule has 10 heteroatoms. The molecule has 1 aliphatic rings. The Labute approximate surface area is 130 Å². The minimum absolute atomic E-state index is 0.0529. The molecule has 0 aliphatic carbocycles. The summed E-state index contributed by atoms with van der Waals surface area (Å²) in [5, 5.41) is 29.5. The first-order valence-corrected chi connectivity index (χ1v) is 7.01. The number of ether oxygens (including phenoxy) is 1. The number of aromatic nitrogens is 4. The van der Waals surface area contributed by atoms with Crippen LogP contribution in [0.25, 0.3) is 11.2 Å². The predicted molar refractivity (Wildman–Crippen MR) is 76.9 cm³/mol. The molecule has 9 nitrogen and oxygen atoms in total. The van der Waals surface area contributed by atoms with Crippen LogP contribution in [0.15, 0.2) is 6.33 Å². The van der Waals surface area contributed by atoms with Gasteiger partial charge >= 0.3 is 0 Å². The molecular formula is C12H16ClN5O4. The first-order valence-electron chi connectivity index (χ1n) is 6.63. The summed E-state index contributed by atoms with van der Waals surface area (Å²) in [7, 11) is 0. The van der Waals surface area contributed by atoms with E-state index in [0.717, 1.165) is 0 Å². The van der Waals surface area contributed by atoms with Gasteiger partial charge < -0.3 is 25.8 Å². The van der Waals surface area contributed by atoms with E-state index in [0.29, 0.717) is 11.2 Å². The van der Waals surface area contributed by atoms with Crippen LogP contribution < -0.4 is 5.73 Å². The van der Waals surface area contributed by atoms with E-state index in [1.54, 1.807) is 6.92 Å². The standard InChI is InChI=1S/C12H16ClN5O4/c1-12(3-20)5(2-19)22-10(7(12)21)18-4-15-6-8(14)16-11(13)17-9(6)18/h4-5,7,10,19-21H,2-3H2,1H3,(H2,14,16,17). The molecule has 1 aliphatic heterocycles. The van der Waals surface area contributed by atoms with Crippen molar-refractivity contribution in [3.63, 3.8) is 0 Å². The maximum absolute atomic E-state index is 10.5.